The second kappa shape index (κ2) is 4.61. The van der Waals surface area contributed by atoms with Gasteiger partial charge in [0.2, 0.25) is 0 Å². The van der Waals surface area contributed by atoms with Crippen molar-refractivity contribution in [2.75, 3.05) is 0 Å². The minimum Gasteiger partial charge on any atom is -0.370 e. The van der Waals surface area contributed by atoms with E-state index in [1.54, 1.807) is 6.20 Å². The highest BCUT2D eigenvalue weighted by atomic mass is 35.5. The molecule has 4 N–H and O–H groups in total. The molecule has 0 fully saturated rings. The number of fused-ring (bicyclic) bond motifs is 1. The van der Waals surface area contributed by atoms with Crippen LogP contribution in [0.4, 0.5) is 5.69 Å². The minimum absolute atomic E-state index is 0. The number of hydrogen-bond donors (Lipinski definition) is 2. The van der Waals surface area contributed by atoms with Crippen LogP contribution in [0.3, 0.4) is 0 Å². The lowest BCUT2D eigenvalue weighted by atomic mass is 10.2. The molecule has 2 rings (SSSR count). The van der Waals surface area contributed by atoms with Crippen molar-refractivity contribution in [3.05, 3.63) is 36.5 Å². The first kappa shape index (κ1) is 11.3. The van der Waals surface area contributed by atoms with Gasteiger partial charge in [-0.1, -0.05) is 6.07 Å². The van der Waals surface area contributed by atoms with Gasteiger partial charge in [0.15, 0.2) is 5.96 Å². The van der Waals surface area contributed by atoms with E-state index in [9.17, 15) is 0 Å². The molecule has 0 saturated heterocycles. The highest BCUT2D eigenvalue weighted by Crippen LogP contribution is 2.23. The van der Waals surface area contributed by atoms with Gasteiger partial charge in [-0.2, -0.15) is 0 Å². The SMILES string of the molecule is Cl.NC(N)=Nc1cccc2ncccc12. The van der Waals surface area contributed by atoms with Crippen molar-refractivity contribution in [2.45, 2.75) is 0 Å². The van der Waals surface area contributed by atoms with Crippen molar-refractivity contribution >= 4 is 35.0 Å². The molecule has 0 saturated carbocycles. The number of halogens is 1. The molecule has 0 aliphatic heterocycles. The van der Waals surface area contributed by atoms with E-state index in [2.05, 4.69) is 9.98 Å². The Morgan fingerprint density at radius 1 is 1.13 bits per heavy atom. The Labute approximate surface area is 93.4 Å². The van der Waals surface area contributed by atoms with Crippen LogP contribution < -0.4 is 11.5 Å². The molecule has 1 aromatic carbocycles. The number of benzene rings is 1. The van der Waals surface area contributed by atoms with Gasteiger partial charge in [0.25, 0.3) is 0 Å². The monoisotopic (exact) mass is 222 g/mol. The first-order chi connectivity index (χ1) is 6.77. The van der Waals surface area contributed by atoms with Gasteiger partial charge >= 0.3 is 0 Å². The first-order valence-corrected chi connectivity index (χ1v) is 4.21. The van der Waals surface area contributed by atoms with Crippen LogP contribution in [0.25, 0.3) is 10.9 Å². The minimum atomic E-state index is 0. The molecule has 0 atom stereocenters. The van der Waals surface area contributed by atoms with Crippen LogP contribution in [0.2, 0.25) is 0 Å². The van der Waals surface area contributed by atoms with Gasteiger partial charge in [-0.15, -0.1) is 12.4 Å². The number of hydrogen-bond acceptors (Lipinski definition) is 2. The summed E-state index contributed by atoms with van der Waals surface area (Å²) in [6.07, 6.45) is 1.74. The third-order valence-corrected chi connectivity index (χ3v) is 1.87. The van der Waals surface area contributed by atoms with E-state index >= 15 is 0 Å². The van der Waals surface area contributed by atoms with Crippen LogP contribution in [0.5, 0.6) is 0 Å². The number of guanidine groups is 1. The number of pyridine rings is 1. The third kappa shape index (κ3) is 2.35. The van der Waals surface area contributed by atoms with Crippen molar-refractivity contribution in [3.63, 3.8) is 0 Å². The van der Waals surface area contributed by atoms with Crippen molar-refractivity contribution in [1.29, 1.82) is 0 Å². The van der Waals surface area contributed by atoms with Crippen LogP contribution in [0.1, 0.15) is 0 Å². The van der Waals surface area contributed by atoms with E-state index < -0.39 is 0 Å². The van der Waals surface area contributed by atoms with Crippen LogP contribution in [0.15, 0.2) is 41.5 Å². The fraction of sp³-hybridized carbons (Fsp3) is 0. The van der Waals surface area contributed by atoms with E-state index in [1.807, 2.05) is 30.3 Å². The van der Waals surface area contributed by atoms with E-state index in [-0.39, 0.29) is 18.4 Å². The number of nitrogens with two attached hydrogens (primary N) is 2. The molecular weight excluding hydrogens is 212 g/mol. The average Bonchev–Trinajstić information content (AvgIpc) is 2.18. The maximum Gasteiger partial charge on any atom is 0.191 e. The lowest BCUT2D eigenvalue weighted by Gasteiger charge is -2.00. The van der Waals surface area contributed by atoms with Gasteiger partial charge in [-0.3, -0.25) is 4.98 Å². The van der Waals surface area contributed by atoms with E-state index in [0.717, 1.165) is 16.6 Å². The molecular formula is C10H11ClN4. The summed E-state index contributed by atoms with van der Waals surface area (Å²) >= 11 is 0. The van der Waals surface area contributed by atoms with Crippen LogP contribution in [-0.4, -0.2) is 10.9 Å². The Hall–Kier alpha value is -1.81. The molecule has 0 unspecified atom stereocenters. The molecule has 4 nitrogen and oxygen atoms in total. The fourth-order valence-electron chi connectivity index (χ4n) is 1.32. The Kier molecular flexibility index (Phi) is 3.46. The second-order valence-corrected chi connectivity index (χ2v) is 2.88. The van der Waals surface area contributed by atoms with E-state index in [4.69, 9.17) is 11.5 Å². The maximum absolute atomic E-state index is 5.32. The molecule has 0 aliphatic carbocycles. The Morgan fingerprint density at radius 3 is 2.67 bits per heavy atom. The number of aliphatic imine (C=N–C) groups is 1. The summed E-state index contributed by atoms with van der Waals surface area (Å²) in [5.74, 6) is 0.0568. The summed E-state index contributed by atoms with van der Waals surface area (Å²) in [4.78, 5) is 8.22. The summed E-state index contributed by atoms with van der Waals surface area (Å²) < 4.78 is 0. The largest absolute Gasteiger partial charge is 0.370 e. The molecule has 5 heteroatoms. The van der Waals surface area contributed by atoms with E-state index in [0.29, 0.717) is 0 Å². The zero-order valence-corrected chi connectivity index (χ0v) is 8.74. The van der Waals surface area contributed by atoms with Crippen molar-refractivity contribution in [3.8, 4) is 0 Å². The number of nitrogens with zero attached hydrogens (tertiary/aromatic N) is 2. The lowest BCUT2D eigenvalue weighted by molar-refractivity contribution is 1.39. The molecule has 0 amide bonds. The van der Waals surface area contributed by atoms with Gasteiger partial charge in [-0.05, 0) is 24.3 Å². The molecule has 1 heterocycles. The first-order valence-electron chi connectivity index (χ1n) is 4.21. The zero-order valence-electron chi connectivity index (χ0n) is 7.92. The zero-order chi connectivity index (χ0) is 9.97. The lowest BCUT2D eigenvalue weighted by Crippen LogP contribution is -2.21. The Balaban J connectivity index is 0.00000112. The van der Waals surface area contributed by atoms with Gasteiger partial charge < -0.3 is 11.5 Å². The second-order valence-electron chi connectivity index (χ2n) is 2.88. The molecule has 0 radical (unpaired) electrons. The molecule has 0 spiro atoms. The smallest absolute Gasteiger partial charge is 0.191 e. The standard InChI is InChI=1S/C10H10N4.ClH/c11-10(12)14-9-5-1-4-8-7(9)3-2-6-13-8;/h1-6H,(H4,11,12,14);1H. The molecule has 0 bridgehead atoms. The van der Waals surface area contributed by atoms with Gasteiger partial charge in [0, 0.05) is 11.6 Å². The quantitative estimate of drug-likeness (QED) is 0.568. The van der Waals surface area contributed by atoms with Gasteiger partial charge in [0.1, 0.15) is 0 Å². The molecule has 15 heavy (non-hydrogen) atoms. The molecule has 78 valence electrons. The topological polar surface area (TPSA) is 77.3 Å². The predicted octanol–water partition coefficient (Wildman–Crippen LogP) is 1.56. The van der Waals surface area contributed by atoms with Crippen molar-refractivity contribution in [1.82, 2.24) is 4.98 Å². The Morgan fingerprint density at radius 2 is 1.93 bits per heavy atom. The van der Waals surface area contributed by atoms with Crippen molar-refractivity contribution in [2.24, 2.45) is 16.5 Å². The highest BCUT2D eigenvalue weighted by Gasteiger charge is 1.98. The normalized spacial score (nSPS) is 9.33. The molecule has 1 aromatic heterocycles. The van der Waals surface area contributed by atoms with Crippen LogP contribution >= 0.6 is 12.4 Å². The fourth-order valence-corrected chi connectivity index (χ4v) is 1.32. The van der Waals surface area contributed by atoms with Crippen LogP contribution in [0, 0.1) is 0 Å². The van der Waals surface area contributed by atoms with Gasteiger partial charge in [0.05, 0.1) is 11.2 Å². The summed E-state index contributed by atoms with van der Waals surface area (Å²) in [5.41, 5.74) is 12.3. The third-order valence-electron chi connectivity index (χ3n) is 1.87. The summed E-state index contributed by atoms with van der Waals surface area (Å²) in [6, 6.07) is 9.43. The predicted molar refractivity (Wildman–Crippen MR) is 64.5 cm³/mol. The maximum atomic E-state index is 5.32. The molecule has 0 aliphatic rings. The van der Waals surface area contributed by atoms with E-state index in [1.165, 1.54) is 0 Å². The summed E-state index contributed by atoms with van der Waals surface area (Å²) in [7, 11) is 0. The van der Waals surface area contributed by atoms with Crippen molar-refractivity contribution < 1.29 is 0 Å². The van der Waals surface area contributed by atoms with Gasteiger partial charge in [-0.25, -0.2) is 4.99 Å². The summed E-state index contributed by atoms with van der Waals surface area (Å²) in [5, 5.41) is 0.948. The number of aromatic nitrogens is 1. The summed E-state index contributed by atoms with van der Waals surface area (Å²) in [6.45, 7) is 0. The highest BCUT2D eigenvalue weighted by molar-refractivity contribution is 5.92. The number of rotatable bonds is 1. The molecule has 2 aromatic rings. The van der Waals surface area contributed by atoms with Crippen LogP contribution in [-0.2, 0) is 0 Å². The average molecular weight is 223 g/mol. The Bertz CT molecular complexity index is 486.